The largest absolute Gasteiger partial charge is 0.505 e. The molecule has 0 bridgehead atoms. The van der Waals surface area contributed by atoms with Crippen molar-refractivity contribution in [3.05, 3.63) is 71.8 Å². The summed E-state index contributed by atoms with van der Waals surface area (Å²) in [5.74, 6) is 0.831. The fourth-order valence-corrected chi connectivity index (χ4v) is 3.66. The van der Waals surface area contributed by atoms with Crippen LogP contribution in [0.2, 0.25) is 0 Å². The maximum Gasteiger partial charge on any atom is 0.143 e. The average molecular weight is 333 g/mol. The number of aromatic nitrogens is 1. The van der Waals surface area contributed by atoms with Gasteiger partial charge in [-0.05, 0) is 30.2 Å². The lowest BCUT2D eigenvalue weighted by Crippen LogP contribution is -1.98. The van der Waals surface area contributed by atoms with E-state index in [4.69, 9.17) is 0 Å². The molecule has 0 aliphatic heterocycles. The number of benzene rings is 3. The highest BCUT2D eigenvalue weighted by Crippen LogP contribution is 2.37. The zero-order valence-electron chi connectivity index (χ0n) is 13.5. The van der Waals surface area contributed by atoms with Crippen molar-refractivity contribution < 1.29 is 5.11 Å². The molecule has 0 atom stereocenters. The molecule has 0 saturated heterocycles. The highest BCUT2D eigenvalue weighted by atomic mass is 32.1. The number of aromatic hydroxyl groups is 1. The van der Waals surface area contributed by atoms with E-state index in [1.165, 1.54) is 16.3 Å². The number of phenolic OH excluding ortho intramolecular Hbond substituents is 1. The number of fused-ring (bicyclic) bond motifs is 3. The molecule has 3 heteroatoms. The van der Waals surface area contributed by atoms with Crippen LogP contribution >= 0.6 is 12.6 Å². The van der Waals surface area contributed by atoms with E-state index in [0.29, 0.717) is 11.5 Å². The summed E-state index contributed by atoms with van der Waals surface area (Å²) < 4.78 is 2.16. The summed E-state index contributed by atoms with van der Waals surface area (Å²) in [4.78, 5) is 0. The van der Waals surface area contributed by atoms with Crippen molar-refractivity contribution in [1.82, 2.24) is 4.57 Å². The van der Waals surface area contributed by atoms with Gasteiger partial charge in [-0.15, -0.1) is 0 Å². The number of hydrogen-bond donors (Lipinski definition) is 2. The third-order valence-electron chi connectivity index (χ3n) is 4.63. The van der Waals surface area contributed by atoms with Gasteiger partial charge in [-0.2, -0.15) is 12.6 Å². The molecule has 4 aromatic rings. The molecule has 120 valence electrons. The van der Waals surface area contributed by atoms with Crippen LogP contribution in [-0.2, 0) is 12.2 Å². The van der Waals surface area contributed by atoms with Gasteiger partial charge in [-0.3, -0.25) is 0 Å². The van der Waals surface area contributed by atoms with Crippen LogP contribution in [0.4, 0.5) is 0 Å². The highest BCUT2D eigenvalue weighted by Gasteiger charge is 2.16. The summed E-state index contributed by atoms with van der Waals surface area (Å²) >= 11 is 4.39. The first-order valence-corrected chi connectivity index (χ1v) is 8.82. The Morgan fingerprint density at radius 3 is 2.04 bits per heavy atom. The van der Waals surface area contributed by atoms with Crippen molar-refractivity contribution in [2.24, 2.45) is 0 Å². The van der Waals surface area contributed by atoms with Crippen molar-refractivity contribution in [2.45, 2.75) is 19.1 Å². The third-order valence-corrected chi connectivity index (χ3v) is 4.97. The molecule has 0 unspecified atom stereocenters. The van der Waals surface area contributed by atoms with Crippen LogP contribution in [0.1, 0.15) is 18.1 Å². The standard InChI is InChI=1S/C21H19NOS/c1-2-14-11-15(13-24)21(23)20(12-14)22-18-9-5-3-7-16(18)17-8-4-6-10-19(17)22/h3-12,23-24H,2,13H2,1H3. The van der Waals surface area contributed by atoms with E-state index >= 15 is 0 Å². The molecular formula is C21H19NOS. The Hall–Kier alpha value is -2.39. The molecule has 3 aromatic carbocycles. The maximum absolute atomic E-state index is 10.8. The van der Waals surface area contributed by atoms with Crippen molar-refractivity contribution in [2.75, 3.05) is 0 Å². The Bertz CT molecular complexity index is 995. The first kappa shape index (κ1) is 15.2. The molecule has 2 nitrogen and oxygen atoms in total. The van der Waals surface area contributed by atoms with Gasteiger partial charge in [0.1, 0.15) is 5.75 Å². The van der Waals surface area contributed by atoms with Crippen LogP contribution in [0.3, 0.4) is 0 Å². The fraction of sp³-hybridized carbons (Fsp3) is 0.143. The topological polar surface area (TPSA) is 25.2 Å². The highest BCUT2D eigenvalue weighted by molar-refractivity contribution is 7.79. The van der Waals surface area contributed by atoms with Gasteiger partial charge in [0.15, 0.2) is 0 Å². The van der Waals surface area contributed by atoms with Crippen LogP contribution in [0.15, 0.2) is 60.7 Å². The zero-order chi connectivity index (χ0) is 16.7. The van der Waals surface area contributed by atoms with Gasteiger partial charge in [-0.25, -0.2) is 0 Å². The average Bonchev–Trinajstić information content (AvgIpc) is 2.96. The van der Waals surface area contributed by atoms with E-state index in [9.17, 15) is 5.11 Å². The Morgan fingerprint density at radius 2 is 1.50 bits per heavy atom. The van der Waals surface area contributed by atoms with E-state index in [2.05, 4.69) is 66.6 Å². The molecular weight excluding hydrogens is 314 g/mol. The van der Waals surface area contributed by atoms with E-state index in [1.54, 1.807) is 0 Å². The van der Waals surface area contributed by atoms with E-state index in [0.717, 1.165) is 28.7 Å². The van der Waals surface area contributed by atoms with Gasteiger partial charge < -0.3 is 9.67 Å². The lowest BCUT2D eigenvalue weighted by molar-refractivity contribution is 0.468. The van der Waals surface area contributed by atoms with Crippen molar-refractivity contribution in [3.63, 3.8) is 0 Å². The molecule has 24 heavy (non-hydrogen) atoms. The first-order valence-electron chi connectivity index (χ1n) is 8.18. The van der Waals surface area contributed by atoms with Gasteiger partial charge in [0.25, 0.3) is 0 Å². The smallest absolute Gasteiger partial charge is 0.143 e. The normalized spacial score (nSPS) is 11.4. The summed E-state index contributed by atoms with van der Waals surface area (Å²) in [6.07, 6.45) is 0.922. The molecule has 0 spiro atoms. The molecule has 1 N–H and O–H groups in total. The van der Waals surface area contributed by atoms with E-state index in [1.807, 2.05) is 18.2 Å². The molecule has 0 aliphatic rings. The minimum Gasteiger partial charge on any atom is -0.505 e. The van der Waals surface area contributed by atoms with E-state index < -0.39 is 0 Å². The van der Waals surface area contributed by atoms with Crippen LogP contribution in [0.25, 0.3) is 27.5 Å². The Morgan fingerprint density at radius 1 is 0.917 bits per heavy atom. The minimum atomic E-state index is 0.314. The molecule has 1 aromatic heterocycles. The second-order valence-corrected chi connectivity index (χ2v) is 6.32. The van der Waals surface area contributed by atoms with Gasteiger partial charge in [0.2, 0.25) is 0 Å². The van der Waals surface area contributed by atoms with Crippen LogP contribution in [0, 0.1) is 0 Å². The Balaban J connectivity index is 2.17. The van der Waals surface area contributed by atoms with Crippen molar-refractivity contribution in [1.29, 1.82) is 0 Å². The monoisotopic (exact) mass is 333 g/mol. The number of thiol groups is 1. The molecule has 0 amide bonds. The number of hydrogen-bond acceptors (Lipinski definition) is 2. The molecule has 0 radical (unpaired) electrons. The Labute approximate surface area is 146 Å². The fourth-order valence-electron chi connectivity index (χ4n) is 3.42. The lowest BCUT2D eigenvalue weighted by Gasteiger charge is -2.14. The van der Waals surface area contributed by atoms with Gasteiger partial charge in [-0.1, -0.05) is 49.4 Å². The van der Waals surface area contributed by atoms with Crippen LogP contribution < -0.4 is 0 Å². The molecule has 4 rings (SSSR count). The number of rotatable bonds is 3. The predicted octanol–water partition coefficient (Wildman–Crippen LogP) is 5.48. The molecule has 0 aliphatic carbocycles. The molecule has 0 fully saturated rings. The van der Waals surface area contributed by atoms with Gasteiger partial charge in [0.05, 0.1) is 16.7 Å². The lowest BCUT2D eigenvalue weighted by atomic mass is 10.1. The van der Waals surface area contributed by atoms with Crippen molar-refractivity contribution in [3.8, 4) is 11.4 Å². The van der Waals surface area contributed by atoms with Crippen LogP contribution in [-0.4, -0.2) is 9.67 Å². The SMILES string of the molecule is CCc1cc(CS)c(O)c(-n2c3ccccc3c3ccccc32)c1. The Kier molecular flexibility index (Phi) is 3.73. The predicted molar refractivity (Wildman–Crippen MR) is 105 cm³/mol. The zero-order valence-corrected chi connectivity index (χ0v) is 14.4. The summed E-state index contributed by atoms with van der Waals surface area (Å²) in [5, 5.41) is 13.2. The first-order chi connectivity index (χ1) is 11.7. The summed E-state index contributed by atoms with van der Waals surface area (Å²) in [7, 11) is 0. The number of para-hydroxylation sites is 2. The molecule has 0 saturated carbocycles. The minimum absolute atomic E-state index is 0.314. The summed E-state index contributed by atoms with van der Waals surface area (Å²) in [6.45, 7) is 2.13. The maximum atomic E-state index is 10.8. The third kappa shape index (κ3) is 2.20. The summed E-state index contributed by atoms with van der Waals surface area (Å²) in [6, 6.07) is 20.8. The summed E-state index contributed by atoms with van der Waals surface area (Å²) in [5.41, 5.74) is 5.11. The molecule has 1 heterocycles. The van der Waals surface area contributed by atoms with Crippen LogP contribution in [0.5, 0.6) is 5.75 Å². The van der Waals surface area contributed by atoms with E-state index in [-0.39, 0.29) is 0 Å². The second kappa shape index (κ2) is 5.91. The second-order valence-electron chi connectivity index (χ2n) is 6.00. The number of aryl methyl sites for hydroxylation is 1. The number of nitrogens with zero attached hydrogens (tertiary/aromatic N) is 1. The van der Waals surface area contributed by atoms with Gasteiger partial charge in [0, 0.05) is 22.1 Å². The van der Waals surface area contributed by atoms with Crippen molar-refractivity contribution >= 4 is 34.4 Å². The number of phenols is 1. The van der Waals surface area contributed by atoms with Gasteiger partial charge >= 0.3 is 0 Å². The quantitative estimate of drug-likeness (QED) is 0.477.